The summed E-state index contributed by atoms with van der Waals surface area (Å²) in [4.78, 5) is 4.67. The molecule has 0 atom stereocenters. The highest BCUT2D eigenvalue weighted by atomic mass is 32.1. The van der Waals surface area contributed by atoms with Gasteiger partial charge in [-0.1, -0.05) is 18.4 Å². The monoisotopic (exact) mass is 325 g/mol. The number of methoxy groups -OCH3 is 1. The SMILES string of the molecule is COc1csc2c(C#Cc3nc(C4CCC4)cs3)cccc12. The number of fused-ring (bicyclic) bond motifs is 1. The Hall–Kier alpha value is -1.83. The van der Waals surface area contributed by atoms with Crippen molar-refractivity contribution in [2.75, 3.05) is 7.11 Å². The van der Waals surface area contributed by atoms with E-state index in [9.17, 15) is 0 Å². The number of hydrogen-bond donors (Lipinski definition) is 0. The molecule has 2 nitrogen and oxygen atoms in total. The van der Waals surface area contributed by atoms with Gasteiger partial charge >= 0.3 is 0 Å². The van der Waals surface area contributed by atoms with Crippen LogP contribution in [-0.4, -0.2) is 12.1 Å². The number of ether oxygens (including phenoxy) is 1. The zero-order valence-electron chi connectivity index (χ0n) is 12.3. The summed E-state index contributed by atoms with van der Waals surface area (Å²) in [5.74, 6) is 8.11. The van der Waals surface area contributed by atoms with Gasteiger partial charge in [0, 0.05) is 27.6 Å². The first kappa shape index (κ1) is 13.8. The maximum Gasteiger partial charge on any atom is 0.167 e. The standard InChI is InChI=1S/C18H15NOS2/c1-20-16-11-22-18-13(6-3-7-14(16)18)8-9-17-19-15(10-21-17)12-4-2-5-12/h3,6-7,10-12H,2,4-5H2,1H3. The van der Waals surface area contributed by atoms with Crippen LogP contribution in [0.4, 0.5) is 0 Å². The average Bonchev–Trinajstić information content (AvgIpc) is 3.10. The van der Waals surface area contributed by atoms with Gasteiger partial charge in [0.25, 0.3) is 0 Å². The molecule has 0 amide bonds. The summed E-state index contributed by atoms with van der Waals surface area (Å²) in [5.41, 5.74) is 2.28. The zero-order valence-corrected chi connectivity index (χ0v) is 13.9. The van der Waals surface area contributed by atoms with Crippen LogP contribution in [0.15, 0.2) is 29.0 Å². The van der Waals surface area contributed by atoms with Crippen molar-refractivity contribution in [3.05, 3.63) is 45.2 Å². The minimum absolute atomic E-state index is 0.678. The van der Waals surface area contributed by atoms with E-state index < -0.39 is 0 Å². The molecule has 22 heavy (non-hydrogen) atoms. The molecule has 1 aromatic carbocycles. The highest BCUT2D eigenvalue weighted by Crippen LogP contribution is 2.36. The summed E-state index contributed by atoms with van der Waals surface area (Å²) in [7, 11) is 1.71. The molecule has 0 bridgehead atoms. The van der Waals surface area contributed by atoms with E-state index in [2.05, 4.69) is 34.3 Å². The lowest BCUT2D eigenvalue weighted by molar-refractivity contribution is 0.412. The first-order chi connectivity index (χ1) is 10.8. The van der Waals surface area contributed by atoms with Gasteiger partial charge in [0.1, 0.15) is 5.75 Å². The van der Waals surface area contributed by atoms with Gasteiger partial charge in [-0.3, -0.25) is 0 Å². The molecule has 0 spiro atoms. The van der Waals surface area contributed by atoms with Crippen molar-refractivity contribution >= 4 is 32.8 Å². The molecule has 0 N–H and O–H groups in total. The van der Waals surface area contributed by atoms with Gasteiger partial charge in [0.15, 0.2) is 5.01 Å². The highest BCUT2D eigenvalue weighted by molar-refractivity contribution is 7.17. The molecular weight excluding hydrogens is 310 g/mol. The summed E-state index contributed by atoms with van der Waals surface area (Å²) < 4.78 is 6.57. The first-order valence-electron chi connectivity index (χ1n) is 7.37. The molecule has 1 aliphatic rings. The predicted octanol–water partition coefficient (Wildman–Crippen LogP) is 5.03. The Labute approximate surface area is 137 Å². The minimum atomic E-state index is 0.678. The van der Waals surface area contributed by atoms with Crippen LogP contribution in [0.1, 0.15) is 41.4 Å². The number of thiophene rings is 1. The van der Waals surface area contributed by atoms with E-state index >= 15 is 0 Å². The predicted molar refractivity (Wildman–Crippen MR) is 93.1 cm³/mol. The Kier molecular flexibility index (Phi) is 3.61. The van der Waals surface area contributed by atoms with Crippen molar-refractivity contribution in [2.45, 2.75) is 25.2 Å². The minimum Gasteiger partial charge on any atom is -0.495 e. The highest BCUT2D eigenvalue weighted by Gasteiger charge is 2.21. The smallest absolute Gasteiger partial charge is 0.167 e. The largest absolute Gasteiger partial charge is 0.495 e. The van der Waals surface area contributed by atoms with Gasteiger partial charge in [-0.05, 0) is 30.9 Å². The number of rotatable bonds is 2. The van der Waals surface area contributed by atoms with Crippen molar-refractivity contribution in [3.63, 3.8) is 0 Å². The molecule has 0 aliphatic heterocycles. The molecule has 4 rings (SSSR count). The second kappa shape index (κ2) is 5.75. The quantitative estimate of drug-likeness (QED) is 0.616. The van der Waals surface area contributed by atoms with Crippen LogP contribution < -0.4 is 4.74 Å². The second-order valence-corrected chi connectivity index (χ2v) is 7.18. The molecular formula is C18H15NOS2. The molecule has 1 saturated carbocycles. The van der Waals surface area contributed by atoms with Gasteiger partial charge in [-0.25, -0.2) is 4.98 Å². The lowest BCUT2D eigenvalue weighted by Crippen LogP contribution is -2.08. The Balaban J connectivity index is 1.66. The van der Waals surface area contributed by atoms with Crippen LogP contribution >= 0.6 is 22.7 Å². The third-order valence-corrected chi connectivity index (χ3v) is 5.92. The van der Waals surface area contributed by atoms with Crippen molar-refractivity contribution in [1.82, 2.24) is 4.98 Å². The molecule has 0 radical (unpaired) electrons. The first-order valence-corrected chi connectivity index (χ1v) is 9.13. The molecule has 0 saturated heterocycles. The maximum atomic E-state index is 5.39. The lowest BCUT2D eigenvalue weighted by atomic mass is 9.83. The number of aromatic nitrogens is 1. The molecule has 2 aromatic heterocycles. The van der Waals surface area contributed by atoms with Crippen LogP contribution in [0.3, 0.4) is 0 Å². The van der Waals surface area contributed by atoms with Crippen LogP contribution in [0, 0.1) is 11.8 Å². The average molecular weight is 325 g/mol. The molecule has 0 unspecified atom stereocenters. The van der Waals surface area contributed by atoms with Crippen LogP contribution in [0.5, 0.6) is 5.75 Å². The van der Waals surface area contributed by atoms with E-state index in [1.165, 1.54) is 29.7 Å². The van der Waals surface area contributed by atoms with E-state index in [4.69, 9.17) is 4.74 Å². The zero-order chi connectivity index (χ0) is 14.9. The normalized spacial score (nSPS) is 14.4. The fraction of sp³-hybridized carbons (Fsp3) is 0.278. The van der Waals surface area contributed by atoms with E-state index in [0.717, 1.165) is 21.7 Å². The van der Waals surface area contributed by atoms with Crippen molar-refractivity contribution in [3.8, 4) is 17.6 Å². The number of nitrogens with zero attached hydrogens (tertiary/aromatic N) is 1. The van der Waals surface area contributed by atoms with E-state index in [1.54, 1.807) is 29.8 Å². The summed E-state index contributed by atoms with van der Waals surface area (Å²) in [6, 6.07) is 6.17. The molecule has 2 heterocycles. The maximum absolute atomic E-state index is 5.39. The van der Waals surface area contributed by atoms with E-state index in [0.29, 0.717) is 5.92 Å². The molecule has 4 heteroatoms. The summed E-state index contributed by atoms with van der Waals surface area (Å²) in [5, 5.41) is 6.26. The van der Waals surface area contributed by atoms with Gasteiger partial charge in [-0.2, -0.15) is 0 Å². The van der Waals surface area contributed by atoms with E-state index in [1.807, 2.05) is 11.4 Å². The molecule has 110 valence electrons. The Morgan fingerprint density at radius 1 is 1.18 bits per heavy atom. The number of hydrogen-bond acceptors (Lipinski definition) is 4. The van der Waals surface area contributed by atoms with Crippen molar-refractivity contribution in [2.24, 2.45) is 0 Å². The fourth-order valence-electron chi connectivity index (χ4n) is 2.65. The van der Waals surface area contributed by atoms with Gasteiger partial charge < -0.3 is 4.74 Å². The second-order valence-electron chi connectivity index (χ2n) is 5.44. The Morgan fingerprint density at radius 2 is 2.09 bits per heavy atom. The summed E-state index contributed by atoms with van der Waals surface area (Å²) >= 11 is 3.33. The Morgan fingerprint density at radius 3 is 2.86 bits per heavy atom. The molecule has 1 aliphatic carbocycles. The van der Waals surface area contributed by atoms with Gasteiger partial charge in [0.2, 0.25) is 0 Å². The fourth-order valence-corrected chi connectivity index (χ4v) is 4.38. The van der Waals surface area contributed by atoms with Gasteiger partial charge in [-0.15, -0.1) is 22.7 Å². The molecule has 3 aromatic rings. The topological polar surface area (TPSA) is 22.1 Å². The molecule has 1 fully saturated rings. The van der Waals surface area contributed by atoms with Crippen molar-refractivity contribution in [1.29, 1.82) is 0 Å². The third-order valence-electron chi connectivity index (χ3n) is 4.13. The number of benzene rings is 1. The lowest BCUT2D eigenvalue weighted by Gasteiger charge is -2.22. The third kappa shape index (κ3) is 2.41. The van der Waals surface area contributed by atoms with Gasteiger partial charge in [0.05, 0.1) is 17.5 Å². The van der Waals surface area contributed by atoms with Crippen LogP contribution in [-0.2, 0) is 0 Å². The summed E-state index contributed by atoms with van der Waals surface area (Å²) in [6.07, 6.45) is 3.90. The number of thiazole rings is 1. The Bertz CT molecular complexity index is 877. The van der Waals surface area contributed by atoms with Crippen molar-refractivity contribution < 1.29 is 4.74 Å². The van der Waals surface area contributed by atoms with E-state index in [-0.39, 0.29) is 0 Å². The summed E-state index contributed by atoms with van der Waals surface area (Å²) in [6.45, 7) is 0. The van der Waals surface area contributed by atoms with Crippen LogP contribution in [0.2, 0.25) is 0 Å². The van der Waals surface area contributed by atoms with Crippen LogP contribution in [0.25, 0.3) is 10.1 Å².